The van der Waals surface area contributed by atoms with Crippen LogP contribution in [-0.2, 0) is 9.53 Å². The van der Waals surface area contributed by atoms with E-state index in [4.69, 9.17) is 0 Å². The fraction of sp³-hybridized carbons (Fsp3) is 0.857. The van der Waals surface area contributed by atoms with E-state index in [1.165, 1.54) is 7.11 Å². The molecule has 0 N–H and O–H groups in total. The second-order valence-electron chi connectivity index (χ2n) is 2.63. The minimum absolute atomic E-state index is 0.0494. The molecule has 2 nitrogen and oxygen atoms in total. The van der Waals surface area contributed by atoms with Gasteiger partial charge in [-0.1, -0.05) is 6.42 Å². The van der Waals surface area contributed by atoms with Crippen LogP contribution in [0.25, 0.3) is 0 Å². The number of hydrogen-bond acceptors (Lipinski definition) is 3. The van der Waals surface area contributed by atoms with Crippen molar-refractivity contribution in [2.75, 3.05) is 7.11 Å². The number of ether oxygens (including phenoxy) is 1. The first kappa shape index (κ1) is 7.92. The molecule has 0 aliphatic heterocycles. The first-order valence-electron chi connectivity index (χ1n) is 3.51. The third-order valence-corrected chi connectivity index (χ3v) is 2.60. The van der Waals surface area contributed by atoms with Gasteiger partial charge in [-0.05, 0) is 12.8 Å². The number of carbonyl (C=O) groups is 1. The SMILES string of the molecule is COC(=O)C1CCCC1S. The van der Waals surface area contributed by atoms with Crippen LogP contribution in [0.4, 0.5) is 0 Å². The van der Waals surface area contributed by atoms with Crippen molar-refractivity contribution in [1.82, 2.24) is 0 Å². The Hall–Kier alpha value is -0.180. The smallest absolute Gasteiger partial charge is 0.309 e. The van der Waals surface area contributed by atoms with E-state index in [0.717, 1.165) is 19.3 Å². The van der Waals surface area contributed by atoms with Gasteiger partial charge in [-0.15, -0.1) is 0 Å². The molecule has 0 bridgehead atoms. The molecule has 0 saturated heterocycles. The van der Waals surface area contributed by atoms with Gasteiger partial charge >= 0.3 is 5.97 Å². The molecule has 1 rings (SSSR count). The highest BCUT2D eigenvalue weighted by Gasteiger charge is 2.30. The molecule has 2 unspecified atom stereocenters. The summed E-state index contributed by atoms with van der Waals surface area (Å²) in [7, 11) is 1.43. The molecule has 10 heavy (non-hydrogen) atoms. The van der Waals surface area contributed by atoms with E-state index in [1.807, 2.05) is 0 Å². The van der Waals surface area contributed by atoms with Crippen LogP contribution in [0.2, 0.25) is 0 Å². The molecule has 0 amide bonds. The van der Waals surface area contributed by atoms with Gasteiger partial charge in [0, 0.05) is 5.25 Å². The maximum atomic E-state index is 11.0. The molecule has 1 saturated carbocycles. The first-order valence-corrected chi connectivity index (χ1v) is 4.03. The van der Waals surface area contributed by atoms with Crippen LogP contribution in [0.15, 0.2) is 0 Å². The van der Waals surface area contributed by atoms with Gasteiger partial charge in [0.15, 0.2) is 0 Å². The largest absolute Gasteiger partial charge is 0.469 e. The molecular formula is C7H12O2S. The summed E-state index contributed by atoms with van der Waals surface area (Å²) >= 11 is 4.28. The Morgan fingerprint density at radius 3 is 2.70 bits per heavy atom. The first-order chi connectivity index (χ1) is 4.75. The van der Waals surface area contributed by atoms with Gasteiger partial charge in [0.05, 0.1) is 13.0 Å². The van der Waals surface area contributed by atoms with E-state index in [-0.39, 0.29) is 17.1 Å². The van der Waals surface area contributed by atoms with Crippen molar-refractivity contribution in [3.8, 4) is 0 Å². The summed E-state index contributed by atoms with van der Waals surface area (Å²) in [6.45, 7) is 0. The normalized spacial score (nSPS) is 32.2. The zero-order chi connectivity index (χ0) is 7.56. The molecule has 0 aromatic carbocycles. The fourth-order valence-electron chi connectivity index (χ4n) is 1.37. The highest BCUT2D eigenvalue weighted by atomic mass is 32.1. The lowest BCUT2D eigenvalue weighted by Crippen LogP contribution is -2.20. The molecule has 1 aliphatic rings. The van der Waals surface area contributed by atoms with Gasteiger partial charge < -0.3 is 4.74 Å². The van der Waals surface area contributed by atoms with Gasteiger partial charge in [0.2, 0.25) is 0 Å². The van der Waals surface area contributed by atoms with E-state index in [9.17, 15) is 4.79 Å². The lowest BCUT2D eigenvalue weighted by Gasteiger charge is -2.10. The van der Waals surface area contributed by atoms with Crippen molar-refractivity contribution in [2.45, 2.75) is 24.5 Å². The molecule has 2 atom stereocenters. The molecule has 0 spiro atoms. The van der Waals surface area contributed by atoms with Crippen molar-refractivity contribution in [2.24, 2.45) is 5.92 Å². The third kappa shape index (κ3) is 1.45. The van der Waals surface area contributed by atoms with Crippen LogP contribution < -0.4 is 0 Å². The predicted molar refractivity (Wildman–Crippen MR) is 42.1 cm³/mol. The number of thiol groups is 1. The summed E-state index contributed by atoms with van der Waals surface area (Å²) in [6.07, 6.45) is 3.09. The van der Waals surface area contributed by atoms with Gasteiger partial charge in [0.25, 0.3) is 0 Å². The zero-order valence-corrected chi connectivity index (χ0v) is 6.93. The lowest BCUT2D eigenvalue weighted by molar-refractivity contribution is -0.144. The summed E-state index contributed by atoms with van der Waals surface area (Å²) in [5, 5.41) is 0.229. The summed E-state index contributed by atoms with van der Waals surface area (Å²) in [5.74, 6) is -0.0502. The number of rotatable bonds is 1. The Morgan fingerprint density at radius 2 is 2.30 bits per heavy atom. The fourth-order valence-corrected chi connectivity index (χ4v) is 1.82. The maximum absolute atomic E-state index is 11.0. The topological polar surface area (TPSA) is 26.3 Å². The van der Waals surface area contributed by atoms with Crippen LogP contribution in [0.5, 0.6) is 0 Å². The summed E-state index contributed by atoms with van der Waals surface area (Å²) in [6, 6.07) is 0. The van der Waals surface area contributed by atoms with Gasteiger partial charge in [-0.3, -0.25) is 4.79 Å². The number of carbonyl (C=O) groups excluding carboxylic acids is 1. The monoisotopic (exact) mass is 160 g/mol. The van der Waals surface area contributed by atoms with Crippen LogP contribution >= 0.6 is 12.6 Å². The second-order valence-corrected chi connectivity index (χ2v) is 3.29. The van der Waals surface area contributed by atoms with Crippen molar-refractivity contribution in [3.63, 3.8) is 0 Å². The van der Waals surface area contributed by atoms with Gasteiger partial charge in [-0.2, -0.15) is 12.6 Å². The molecule has 58 valence electrons. The predicted octanol–water partition coefficient (Wildman–Crippen LogP) is 1.26. The molecule has 1 fully saturated rings. The molecule has 0 aromatic rings. The number of methoxy groups -OCH3 is 1. The Balaban J connectivity index is 2.46. The molecular weight excluding hydrogens is 148 g/mol. The average Bonchev–Trinajstić information content (AvgIpc) is 2.34. The van der Waals surface area contributed by atoms with Gasteiger partial charge in [0.1, 0.15) is 0 Å². The molecule has 0 radical (unpaired) electrons. The average molecular weight is 160 g/mol. The van der Waals surface area contributed by atoms with Crippen molar-refractivity contribution < 1.29 is 9.53 Å². The third-order valence-electron chi connectivity index (χ3n) is 1.98. The highest BCUT2D eigenvalue weighted by Crippen LogP contribution is 2.30. The standard InChI is InChI=1S/C7H12O2S/c1-9-7(8)5-3-2-4-6(5)10/h5-6,10H,2-4H2,1H3. The van der Waals surface area contributed by atoms with Crippen LogP contribution in [0.1, 0.15) is 19.3 Å². The Labute approximate surface area is 66.4 Å². The van der Waals surface area contributed by atoms with E-state index in [1.54, 1.807) is 0 Å². The van der Waals surface area contributed by atoms with E-state index in [0.29, 0.717) is 0 Å². The molecule has 0 heterocycles. The summed E-state index contributed by atoms with van der Waals surface area (Å²) in [4.78, 5) is 11.0. The molecule has 3 heteroatoms. The zero-order valence-electron chi connectivity index (χ0n) is 6.04. The Kier molecular flexibility index (Phi) is 2.60. The summed E-state index contributed by atoms with van der Waals surface area (Å²) < 4.78 is 4.62. The Morgan fingerprint density at radius 1 is 1.60 bits per heavy atom. The van der Waals surface area contributed by atoms with Crippen molar-refractivity contribution in [1.29, 1.82) is 0 Å². The number of hydrogen-bond donors (Lipinski definition) is 1. The van der Waals surface area contributed by atoms with Crippen LogP contribution in [0, 0.1) is 5.92 Å². The maximum Gasteiger partial charge on any atom is 0.309 e. The van der Waals surface area contributed by atoms with Crippen molar-refractivity contribution >= 4 is 18.6 Å². The van der Waals surface area contributed by atoms with Crippen molar-refractivity contribution in [3.05, 3.63) is 0 Å². The highest BCUT2D eigenvalue weighted by molar-refractivity contribution is 7.81. The Bertz CT molecular complexity index is 136. The lowest BCUT2D eigenvalue weighted by atomic mass is 10.1. The second kappa shape index (κ2) is 3.28. The van der Waals surface area contributed by atoms with E-state index < -0.39 is 0 Å². The molecule has 1 aliphatic carbocycles. The van der Waals surface area contributed by atoms with Crippen LogP contribution in [0.3, 0.4) is 0 Å². The van der Waals surface area contributed by atoms with E-state index >= 15 is 0 Å². The van der Waals surface area contributed by atoms with E-state index in [2.05, 4.69) is 17.4 Å². The van der Waals surface area contributed by atoms with Crippen LogP contribution in [-0.4, -0.2) is 18.3 Å². The summed E-state index contributed by atoms with van der Waals surface area (Å²) in [5.41, 5.74) is 0. The molecule has 0 aromatic heterocycles. The minimum atomic E-state index is -0.0995. The van der Waals surface area contributed by atoms with Gasteiger partial charge in [-0.25, -0.2) is 0 Å². The minimum Gasteiger partial charge on any atom is -0.469 e. The quantitative estimate of drug-likeness (QED) is 0.461. The number of esters is 1.